The minimum absolute atomic E-state index is 0.0300. The number of amides is 2. The molecule has 2 amide bonds. The third kappa shape index (κ3) is 4.63. The van der Waals surface area contributed by atoms with Crippen molar-refractivity contribution in [3.05, 3.63) is 11.1 Å². The van der Waals surface area contributed by atoms with Crippen molar-refractivity contribution in [2.75, 3.05) is 5.73 Å². The molecule has 0 bridgehead atoms. The fourth-order valence-electron chi connectivity index (χ4n) is 2.37. The first-order chi connectivity index (χ1) is 13.3. The van der Waals surface area contributed by atoms with Crippen LogP contribution in [0.1, 0.15) is 32.9 Å². The van der Waals surface area contributed by atoms with Crippen molar-refractivity contribution in [1.29, 1.82) is 0 Å². The zero-order valence-corrected chi connectivity index (χ0v) is 17.2. The second-order valence-corrected chi connectivity index (χ2v) is 8.63. The van der Waals surface area contributed by atoms with Gasteiger partial charge in [-0.15, -0.1) is 11.3 Å². The van der Waals surface area contributed by atoms with E-state index in [4.69, 9.17) is 20.2 Å². The van der Waals surface area contributed by atoms with E-state index in [2.05, 4.69) is 15.5 Å². The third-order valence-corrected chi connectivity index (χ3v) is 5.60. The highest BCUT2D eigenvalue weighted by Gasteiger charge is 2.53. The first-order valence-corrected chi connectivity index (χ1v) is 10.4. The number of oxime groups is 1. The SMILES string of the molecule is CCC1C(NC(=O)C(=NOC(C)(C)C(=O)O)c2csc(N)n2)C(=O)N1S(=O)(=O)O. The summed E-state index contributed by atoms with van der Waals surface area (Å²) in [6.07, 6.45) is 0.120. The molecular formula is C14H19N5O8S2. The summed E-state index contributed by atoms with van der Waals surface area (Å²) < 4.78 is 32.0. The van der Waals surface area contributed by atoms with Crippen molar-refractivity contribution in [1.82, 2.24) is 14.6 Å². The van der Waals surface area contributed by atoms with Crippen LogP contribution in [0.5, 0.6) is 0 Å². The normalized spacial score (nSPS) is 20.2. The number of rotatable bonds is 8. The summed E-state index contributed by atoms with van der Waals surface area (Å²) in [4.78, 5) is 44.8. The number of nitrogens with one attached hydrogen (secondary N) is 1. The average molecular weight is 449 g/mol. The second-order valence-electron chi connectivity index (χ2n) is 6.46. The van der Waals surface area contributed by atoms with Crippen molar-refractivity contribution in [2.24, 2.45) is 5.16 Å². The summed E-state index contributed by atoms with van der Waals surface area (Å²) >= 11 is 0.984. The van der Waals surface area contributed by atoms with Gasteiger partial charge in [0.1, 0.15) is 11.7 Å². The van der Waals surface area contributed by atoms with Crippen LogP contribution in [0.25, 0.3) is 0 Å². The molecule has 0 spiro atoms. The summed E-state index contributed by atoms with van der Waals surface area (Å²) in [6.45, 7) is 3.97. The number of carboxylic acid groups (broad SMARTS) is 1. The quantitative estimate of drug-likeness (QED) is 0.169. The van der Waals surface area contributed by atoms with Crippen LogP contribution in [0, 0.1) is 0 Å². The number of hydrogen-bond acceptors (Lipinski definition) is 10. The highest BCUT2D eigenvalue weighted by molar-refractivity contribution is 7.84. The molecule has 1 aromatic rings. The number of nitrogens with zero attached hydrogens (tertiary/aromatic N) is 3. The molecule has 1 aliphatic heterocycles. The molecule has 5 N–H and O–H groups in total. The van der Waals surface area contributed by atoms with Crippen LogP contribution in [0.4, 0.5) is 5.13 Å². The summed E-state index contributed by atoms with van der Waals surface area (Å²) in [5, 5.41) is 16.5. The maximum absolute atomic E-state index is 12.7. The molecule has 29 heavy (non-hydrogen) atoms. The maximum Gasteiger partial charge on any atom is 0.362 e. The van der Waals surface area contributed by atoms with Gasteiger partial charge in [0.15, 0.2) is 10.8 Å². The summed E-state index contributed by atoms with van der Waals surface area (Å²) in [6, 6.07) is -2.25. The lowest BCUT2D eigenvalue weighted by Crippen LogP contribution is -2.72. The van der Waals surface area contributed by atoms with Crippen molar-refractivity contribution < 1.29 is 37.3 Å². The number of carbonyl (C=O) groups is 3. The number of nitrogen functional groups attached to an aromatic ring is 1. The Hall–Kier alpha value is -2.78. The Kier molecular flexibility index (Phi) is 6.15. The van der Waals surface area contributed by atoms with E-state index in [0.29, 0.717) is 0 Å². The molecule has 0 radical (unpaired) electrons. The third-order valence-electron chi connectivity index (χ3n) is 3.98. The van der Waals surface area contributed by atoms with Gasteiger partial charge in [-0.1, -0.05) is 12.1 Å². The van der Waals surface area contributed by atoms with E-state index in [1.807, 2.05) is 0 Å². The lowest BCUT2D eigenvalue weighted by atomic mass is 9.96. The highest BCUT2D eigenvalue weighted by atomic mass is 32.2. The van der Waals surface area contributed by atoms with Gasteiger partial charge in [-0.05, 0) is 20.3 Å². The molecule has 1 saturated heterocycles. The van der Waals surface area contributed by atoms with Crippen molar-refractivity contribution in [3.63, 3.8) is 0 Å². The number of β-lactam (4-membered cyclic amide) rings is 1. The average Bonchev–Trinajstić information content (AvgIpc) is 3.01. The summed E-state index contributed by atoms with van der Waals surface area (Å²) in [5.41, 5.74) is 3.29. The van der Waals surface area contributed by atoms with Crippen LogP contribution in [0.2, 0.25) is 0 Å². The van der Waals surface area contributed by atoms with Crippen molar-refractivity contribution >= 4 is 50.3 Å². The molecule has 0 saturated carbocycles. The fraction of sp³-hybridized carbons (Fsp3) is 0.500. The van der Waals surface area contributed by atoms with Crippen molar-refractivity contribution in [2.45, 2.75) is 44.9 Å². The van der Waals surface area contributed by atoms with E-state index < -0.39 is 51.5 Å². The topological polar surface area (TPSA) is 202 Å². The number of thiazole rings is 1. The Bertz CT molecular complexity index is 970. The van der Waals surface area contributed by atoms with E-state index in [1.165, 1.54) is 19.2 Å². The van der Waals surface area contributed by atoms with Crippen LogP contribution in [0.15, 0.2) is 10.5 Å². The number of aliphatic carboxylic acids is 1. The first-order valence-electron chi connectivity index (χ1n) is 8.12. The molecule has 1 aromatic heterocycles. The second kappa shape index (κ2) is 7.92. The van der Waals surface area contributed by atoms with Crippen LogP contribution < -0.4 is 11.1 Å². The summed E-state index contributed by atoms with van der Waals surface area (Å²) in [7, 11) is -4.77. The molecule has 2 unspecified atom stereocenters. The molecule has 2 heterocycles. The van der Waals surface area contributed by atoms with E-state index >= 15 is 0 Å². The van der Waals surface area contributed by atoms with Gasteiger partial charge in [0.05, 0.1) is 6.04 Å². The number of nitrogens with two attached hydrogens (primary N) is 1. The number of anilines is 1. The lowest BCUT2D eigenvalue weighted by Gasteiger charge is -2.43. The van der Waals surface area contributed by atoms with Gasteiger partial charge < -0.3 is 21.0 Å². The van der Waals surface area contributed by atoms with E-state index in [0.717, 1.165) is 11.3 Å². The largest absolute Gasteiger partial charge is 0.478 e. The number of aromatic nitrogens is 1. The molecule has 0 aromatic carbocycles. The predicted molar refractivity (Wildman–Crippen MR) is 100 cm³/mol. The van der Waals surface area contributed by atoms with Gasteiger partial charge in [-0.25, -0.2) is 14.1 Å². The number of carboxylic acids is 1. The van der Waals surface area contributed by atoms with E-state index in [1.54, 1.807) is 6.92 Å². The maximum atomic E-state index is 12.7. The molecule has 2 atom stereocenters. The fourth-order valence-corrected chi connectivity index (χ4v) is 3.87. The van der Waals surface area contributed by atoms with Gasteiger partial charge in [-0.2, -0.15) is 8.42 Å². The summed E-state index contributed by atoms with van der Waals surface area (Å²) in [5.74, 6) is -3.34. The van der Waals surface area contributed by atoms with Crippen LogP contribution in [-0.2, 0) is 29.5 Å². The smallest absolute Gasteiger partial charge is 0.362 e. The predicted octanol–water partition coefficient (Wildman–Crippen LogP) is -0.782. The molecule has 1 fully saturated rings. The minimum atomic E-state index is -4.77. The zero-order valence-electron chi connectivity index (χ0n) is 15.5. The Labute approximate surface area is 169 Å². The van der Waals surface area contributed by atoms with Crippen molar-refractivity contribution in [3.8, 4) is 0 Å². The van der Waals surface area contributed by atoms with E-state index in [-0.39, 0.29) is 21.6 Å². The molecule has 160 valence electrons. The number of hydrogen-bond donors (Lipinski definition) is 4. The van der Waals surface area contributed by atoms with Gasteiger partial charge in [-0.3, -0.25) is 14.1 Å². The minimum Gasteiger partial charge on any atom is -0.478 e. The standard InChI is InChI=1S/C14H19N5O8S2/c1-4-7-9(11(21)19(7)29(24,25)26)17-10(20)8(6-5-28-13(15)16-6)18-27-14(2,3)12(22)23/h5,7,9H,4H2,1-3H3,(H2,15,16)(H,17,20)(H,22,23)(H,24,25,26). The lowest BCUT2D eigenvalue weighted by molar-refractivity contribution is -0.161. The number of carbonyl (C=O) groups excluding carboxylic acids is 2. The van der Waals surface area contributed by atoms with Crippen LogP contribution in [-0.4, -0.2) is 68.5 Å². The highest BCUT2D eigenvalue weighted by Crippen LogP contribution is 2.26. The molecule has 15 heteroatoms. The molecule has 1 aliphatic rings. The van der Waals surface area contributed by atoms with Gasteiger partial charge in [0.25, 0.3) is 11.8 Å². The monoisotopic (exact) mass is 449 g/mol. The first kappa shape index (κ1) is 22.5. The van der Waals surface area contributed by atoms with E-state index in [9.17, 15) is 22.8 Å². The van der Waals surface area contributed by atoms with Gasteiger partial charge in [0.2, 0.25) is 5.60 Å². The molecule has 0 aliphatic carbocycles. The Morgan fingerprint density at radius 3 is 2.55 bits per heavy atom. The molecular weight excluding hydrogens is 430 g/mol. The van der Waals surface area contributed by atoms with Gasteiger partial charge >= 0.3 is 16.3 Å². The Balaban J connectivity index is 2.29. The molecule has 2 rings (SSSR count). The van der Waals surface area contributed by atoms with Crippen LogP contribution >= 0.6 is 11.3 Å². The van der Waals surface area contributed by atoms with Gasteiger partial charge in [0, 0.05) is 5.38 Å². The zero-order chi connectivity index (χ0) is 22.1. The molecule has 13 nitrogen and oxygen atoms in total. The Morgan fingerprint density at radius 2 is 2.10 bits per heavy atom. The Morgan fingerprint density at radius 1 is 1.48 bits per heavy atom. The van der Waals surface area contributed by atoms with Crippen LogP contribution in [0.3, 0.4) is 0 Å².